The molecule has 1 heterocycles. The van der Waals surface area contributed by atoms with Gasteiger partial charge in [0, 0.05) is 34.5 Å². The van der Waals surface area contributed by atoms with E-state index in [9.17, 15) is 20.2 Å². The van der Waals surface area contributed by atoms with E-state index in [1.54, 1.807) is 48.5 Å². The number of carbonyl (C=O) groups is 1. The molecule has 8 heteroatoms. The molecule has 1 aromatic heterocycles. The van der Waals surface area contributed by atoms with Crippen LogP contribution in [0.15, 0.2) is 70.7 Å². The van der Waals surface area contributed by atoms with E-state index in [2.05, 4.69) is 5.32 Å². The van der Waals surface area contributed by atoms with Crippen molar-refractivity contribution in [3.05, 3.63) is 87.1 Å². The van der Waals surface area contributed by atoms with Crippen molar-refractivity contribution < 1.29 is 14.1 Å². The van der Waals surface area contributed by atoms with E-state index in [4.69, 9.17) is 16.0 Å². The number of benzene rings is 2. The molecule has 0 unspecified atom stereocenters. The number of nitriles is 1. The minimum absolute atomic E-state index is 0.0638. The summed E-state index contributed by atoms with van der Waals surface area (Å²) in [6, 6.07) is 17.4. The summed E-state index contributed by atoms with van der Waals surface area (Å²) in [7, 11) is 0. The molecule has 0 spiro atoms. The molecule has 3 rings (SSSR count). The van der Waals surface area contributed by atoms with E-state index < -0.39 is 10.8 Å². The maximum Gasteiger partial charge on any atom is 0.270 e. The molecule has 0 saturated carbocycles. The number of anilines is 1. The third-order valence-electron chi connectivity index (χ3n) is 3.72. The SMILES string of the molecule is N#C/C(=C/c1ccc(-c2cccc([N+](=O)[O-])c2)o1)C(=O)Nc1ccc(Cl)cc1. The van der Waals surface area contributed by atoms with Gasteiger partial charge in [-0.3, -0.25) is 14.9 Å². The molecule has 0 aliphatic rings. The molecule has 1 amide bonds. The average molecular weight is 394 g/mol. The normalized spacial score (nSPS) is 10.9. The lowest BCUT2D eigenvalue weighted by atomic mass is 10.1. The number of carbonyl (C=O) groups excluding carboxylic acids is 1. The predicted molar refractivity (Wildman–Crippen MR) is 104 cm³/mol. The number of hydrogen-bond acceptors (Lipinski definition) is 5. The van der Waals surface area contributed by atoms with Gasteiger partial charge in [0.2, 0.25) is 0 Å². The fourth-order valence-electron chi connectivity index (χ4n) is 2.38. The van der Waals surface area contributed by atoms with Gasteiger partial charge in [0.05, 0.1) is 4.92 Å². The summed E-state index contributed by atoms with van der Waals surface area (Å²) in [5.74, 6) is 0.0489. The van der Waals surface area contributed by atoms with Gasteiger partial charge in [0.1, 0.15) is 23.2 Å². The van der Waals surface area contributed by atoms with Crippen molar-refractivity contribution in [1.82, 2.24) is 0 Å². The molecule has 0 radical (unpaired) electrons. The molecular formula is C20H12ClN3O4. The number of rotatable bonds is 5. The number of amides is 1. The second-order valence-corrected chi connectivity index (χ2v) is 6.08. The van der Waals surface area contributed by atoms with E-state index in [1.807, 2.05) is 6.07 Å². The number of nitrogens with one attached hydrogen (secondary N) is 1. The molecule has 0 aliphatic heterocycles. The smallest absolute Gasteiger partial charge is 0.270 e. The van der Waals surface area contributed by atoms with Crippen molar-refractivity contribution in [2.75, 3.05) is 5.32 Å². The highest BCUT2D eigenvalue weighted by Crippen LogP contribution is 2.26. The fourth-order valence-corrected chi connectivity index (χ4v) is 2.51. The van der Waals surface area contributed by atoms with E-state index in [-0.39, 0.29) is 17.0 Å². The number of non-ortho nitro benzene ring substituents is 1. The van der Waals surface area contributed by atoms with Crippen molar-refractivity contribution in [3.63, 3.8) is 0 Å². The number of halogens is 1. The van der Waals surface area contributed by atoms with Gasteiger partial charge in [-0.2, -0.15) is 5.26 Å². The lowest BCUT2D eigenvalue weighted by Gasteiger charge is -2.03. The average Bonchev–Trinajstić information content (AvgIpc) is 3.16. The van der Waals surface area contributed by atoms with E-state index in [1.165, 1.54) is 18.2 Å². The zero-order valence-corrected chi connectivity index (χ0v) is 15.0. The lowest BCUT2D eigenvalue weighted by molar-refractivity contribution is -0.384. The molecule has 7 nitrogen and oxygen atoms in total. The van der Waals surface area contributed by atoms with Crippen LogP contribution in [0.5, 0.6) is 0 Å². The highest BCUT2D eigenvalue weighted by Gasteiger charge is 2.13. The van der Waals surface area contributed by atoms with Crippen molar-refractivity contribution in [3.8, 4) is 17.4 Å². The first-order chi connectivity index (χ1) is 13.5. The first kappa shape index (κ1) is 18.9. The van der Waals surface area contributed by atoms with Gasteiger partial charge in [0.25, 0.3) is 11.6 Å². The fraction of sp³-hybridized carbons (Fsp3) is 0. The van der Waals surface area contributed by atoms with E-state index in [0.29, 0.717) is 22.0 Å². The minimum Gasteiger partial charge on any atom is -0.457 e. The van der Waals surface area contributed by atoms with Gasteiger partial charge >= 0.3 is 0 Å². The Balaban J connectivity index is 1.81. The van der Waals surface area contributed by atoms with Crippen LogP contribution in [0.2, 0.25) is 5.02 Å². The second kappa shape index (κ2) is 8.20. The maximum atomic E-state index is 12.3. The molecule has 0 fully saturated rings. The Hall–Kier alpha value is -3.89. The van der Waals surface area contributed by atoms with E-state index >= 15 is 0 Å². The molecule has 28 heavy (non-hydrogen) atoms. The summed E-state index contributed by atoms with van der Waals surface area (Å²) in [5.41, 5.74) is 0.784. The maximum absolute atomic E-state index is 12.3. The van der Waals surface area contributed by atoms with Crippen LogP contribution in [0.1, 0.15) is 5.76 Å². The number of nitro benzene ring substituents is 1. The Morgan fingerprint density at radius 1 is 1.18 bits per heavy atom. The molecule has 2 aromatic carbocycles. The van der Waals surface area contributed by atoms with Gasteiger partial charge in [-0.15, -0.1) is 0 Å². The zero-order chi connectivity index (χ0) is 20.1. The summed E-state index contributed by atoms with van der Waals surface area (Å²) in [5, 5.41) is 23.3. The first-order valence-electron chi connectivity index (χ1n) is 7.99. The Kier molecular flexibility index (Phi) is 5.53. The number of nitro groups is 1. The van der Waals surface area contributed by atoms with Gasteiger partial charge in [-0.1, -0.05) is 23.7 Å². The van der Waals surface area contributed by atoms with Gasteiger partial charge in [0.15, 0.2) is 0 Å². The summed E-state index contributed by atoms with van der Waals surface area (Å²) in [6.45, 7) is 0. The predicted octanol–water partition coefficient (Wildman–Crippen LogP) is 5.05. The Labute approximate surface area is 164 Å². The van der Waals surface area contributed by atoms with Crippen LogP contribution in [0.4, 0.5) is 11.4 Å². The molecule has 3 aromatic rings. The van der Waals surface area contributed by atoms with Crippen LogP contribution in [0.25, 0.3) is 17.4 Å². The van der Waals surface area contributed by atoms with E-state index in [0.717, 1.165) is 0 Å². The highest BCUT2D eigenvalue weighted by molar-refractivity contribution is 6.30. The second-order valence-electron chi connectivity index (χ2n) is 5.64. The quantitative estimate of drug-likeness (QED) is 0.282. The number of nitrogens with zero attached hydrogens (tertiary/aromatic N) is 2. The van der Waals surface area contributed by atoms with Crippen molar-refractivity contribution in [2.45, 2.75) is 0 Å². The molecular weight excluding hydrogens is 382 g/mol. The van der Waals surface area contributed by atoms with Crippen molar-refractivity contribution >= 4 is 35.0 Å². The molecule has 0 aliphatic carbocycles. The Morgan fingerprint density at radius 2 is 1.93 bits per heavy atom. The first-order valence-corrected chi connectivity index (χ1v) is 8.37. The molecule has 0 bridgehead atoms. The molecule has 0 atom stereocenters. The monoisotopic (exact) mass is 393 g/mol. The topological polar surface area (TPSA) is 109 Å². The van der Waals surface area contributed by atoms with Crippen LogP contribution < -0.4 is 5.32 Å². The Bertz CT molecular complexity index is 1110. The number of furan rings is 1. The van der Waals surface area contributed by atoms with Crippen LogP contribution in [0.3, 0.4) is 0 Å². The standard InChI is InChI=1S/C20H12ClN3O4/c21-15-4-6-16(7-5-15)23-20(25)14(12-22)11-18-8-9-19(28-18)13-2-1-3-17(10-13)24(26)27/h1-11H,(H,23,25)/b14-11-. The van der Waals surface area contributed by atoms with Gasteiger partial charge in [-0.05, 0) is 36.4 Å². The van der Waals surface area contributed by atoms with Crippen LogP contribution >= 0.6 is 11.6 Å². The minimum atomic E-state index is -0.599. The van der Waals surface area contributed by atoms with Crippen LogP contribution in [0, 0.1) is 21.4 Å². The summed E-state index contributed by atoms with van der Waals surface area (Å²) in [4.78, 5) is 22.7. The summed E-state index contributed by atoms with van der Waals surface area (Å²) in [6.07, 6.45) is 1.30. The molecule has 0 saturated heterocycles. The third kappa shape index (κ3) is 4.44. The summed E-state index contributed by atoms with van der Waals surface area (Å²) < 4.78 is 5.61. The lowest BCUT2D eigenvalue weighted by Crippen LogP contribution is -2.13. The van der Waals surface area contributed by atoms with Gasteiger partial charge < -0.3 is 9.73 Å². The van der Waals surface area contributed by atoms with Crippen LogP contribution in [-0.4, -0.2) is 10.8 Å². The van der Waals surface area contributed by atoms with Crippen molar-refractivity contribution in [2.24, 2.45) is 0 Å². The number of hydrogen-bond donors (Lipinski definition) is 1. The summed E-state index contributed by atoms with van der Waals surface area (Å²) >= 11 is 5.80. The molecule has 1 N–H and O–H groups in total. The third-order valence-corrected chi connectivity index (χ3v) is 3.97. The van der Waals surface area contributed by atoms with Gasteiger partial charge in [-0.25, -0.2) is 0 Å². The largest absolute Gasteiger partial charge is 0.457 e. The Morgan fingerprint density at radius 3 is 2.61 bits per heavy atom. The van der Waals surface area contributed by atoms with Crippen molar-refractivity contribution in [1.29, 1.82) is 5.26 Å². The highest BCUT2D eigenvalue weighted by atomic mass is 35.5. The molecule has 138 valence electrons. The zero-order valence-electron chi connectivity index (χ0n) is 14.3. The van der Waals surface area contributed by atoms with Crippen LogP contribution in [-0.2, 0) is 4.79 Å².